The normalized spacial score (nSPS) is 20.7. The molecule has 0 aliphatic carbocycles. The number of carbonyl (C=O) groups excluding carboxylic acids is 2. The highest BCUT2D eigenvalue weighted by atomic mass is 16.5. The summed E-state index contributed by atoms with van der Waals surface area (Å²) in [6, 6.07) is 4.99. The van der Waals surface area contributed by atoms with Gasteiger partial charge in [-0.2, -0.15) is 0 Å². The fourth-order valence-corrected chi connectivity index (χ4v) is 2.73. The van der Waals surface area contributed by atoms with Gasteiger partial charge in [0.25, 0.3) is 5.91 Å². The highest BCUT2D eigenvalue weighted by Crippen LogP contribution is 2.28. The molecule has 1 heterocycles. The number of aliphatic hydroxyl groups excluding tert-OH is 1. The topological polar surface area (TPSA) is 88.1 Å². The Hall–Kier alpha value is -2.54. The number of carbonyl (C=O) groups is 2. The molecule has 1 aliphatic heterocycles. The molecule has 0 radical (unpaired) electrons. The second-order valence-electron chi connectivity index (χ2n) is 6.47. The summed E-state index contributed by atoms with van der Waals surface area (Å²) in [7, 11) is 1.54. The second-order valence-corrected chi connectivity index (χ2v) is 6.47. The van der Waals surface area contributed by atoms with Crippen molar-refractivity contribution in [1.82, 2.24) is 10.2 Å². The van der Waals surface area contributed by atoms with Crippen molar-refractivity contribution in [2.45, 2.75) is 38.3 Å². The van der Waals surface area contributed by atoms with Gasteiger partial charge < -0.3 is 19.9 Å². The molecule has 0 spiro atoms. The maximum atomic E-state index is 12.3. The minimum Gasteiger partial charge on any atom is -0.493 e. The smallest absolute Gasteiger partial charge is 0.325 e. The Morgan fingerprint density at radius 1 is 1.38 bits per heavy atom. The Kier molecular flexibility index (Phi) is 6.26. The van der Waals surface area contributed by atoms with Crippen LogP contribution in [0.15, 0.2) is 30.9 Å². The van der Waals surface area contributed by atoms with Crippen LogP contribution in [0.5, 0.6) is 11.5 Å². The predicted octanol–water partition coefficient (Wildman–Crippen LogP) is 1.88. The number of aliphatic hydroxyl groups is 1. The predicted molar refractivity (Wildman–Crippen MR) is 97.3 cm³/mol. The maximum absolute atomic E-state index is 12.3. The molecule has 1 aromatic rings. The van der Waals surface area contributed by atoms with Crippen LogP contribution in [0.1, 0.15) is 25.8 Å². The number of amides is 3. The van der Waals surface area contributed by atoms with Crippen LogP contribution in [0.25, 0.3) is 0 Å². The number of hydrogen-bond donors (Lipinski definition) is 2. The van der Waals surface area contributed by atoms with Crippen molar-refractivity contribution < 1.29 is 24.2 Å². The first kappa shape index (κ1) is 19.8. The van der Waals surface area contributed by atoms with E-state index in [1.807, 2.05) is 19.1 Å². The van der Waals surface area contributed by atoms with E-state index in [1.54, 1.807) is 19.1 Å². The van der Waals surface area contributed by atoms with Crippen molar-refractivity contribution >= 4 is 11.9 Å². The summed E-state index contributed by atoms with van der Waals surface area (Å²) in [6.45, 7) is 7.00. The number of nitrogens with one attached hydrogen (secondary N) is 1. The summed E-state index contributed by atoms with van der Waals surface area (Å²) in [5, 5.41) is 12.9. The van der Waals surface area contributed by atoms with Crippen LogP contribution in [-0.4, -0.2) is 53.8 Å². The van der Waals surface area contributed by atoms with E-state index in [0.717, 1.165) is 10.5 Å². The monoisotopic (exact) mass is 362 g/mol. The van der Waals surface area contributed by atoms with Gasteiger partial charge in [0, 0.05) is 0 Å². The van der Waals surface area contributed by atoms with Gasteiger partial charge in [0.15, 0.2) is 11.5 Å². The van der Waals surface area contributed by atoms with Crippen molar-refractivity contribution in [1.29, 1.82) is 0 Å². The minimum atomic E-state index is -1.01. The lowest BCUT2D eigenvalue weighted by atomic mass is 9.99. The van der Waals surface area contributed by atoms with Crippen LogP contribution in [0.3, 0.4) is 0 Å². The number of benzene rings is 1. The largest absolute Gasteiger partial charge is 0.493 e. The zero-order valence-corrected chi connectivity index (χ0v) is 15.4. The molecule has 0 bridgehead atoms. The number of rotatable bonds is 9. The molecule has 2 atom stereocenters. The van der Waals surface area contributed by atoms with Gasteiger partial charge in [-0.25, -0.2) is 4.79 Å². The highest BCUT2D eigenvalue weighted by molar-refractivity contribution is 6.06. The molecule has 26 heavy (non-hydrogen) atoms. The third kappa shape index (κ3) is 4.16. The number of β-amino-alcohol motifs (C(OH)–C–C–N with tert-alkyl or cyclic N) is 1. The Morgan fingerprint density at radius 3 is 2.69 bits per heavy atom. The molecule has 2 rings (SSSR count). The molecule has 0 saturated carbocycles. The van der Waals surface area contributed by atoms with Crippen molar-refractivity contribution in [3.05, 3.63) is 36.4 Å². The number of methoxy groups -OCH3 is 1. The third-order valence-electron chi connectivity index (χ3n) is 4.48. The molecule has 1 saturated heterocycles. The molecule has 1 aliphatic rings. The molecule has 1 fully saturated rings. The summed E-state index contributed by atoms with van der Waals surface area (Å²) in [6.07, 6.45) is 1.97. The zero-order chi connectivity index (χ0) is 19.3. The molecule has 1 aromatic carbocycles. The van der Waals surface area contributed by atoms with Crippen molar-refractivity contribution in [3.8, 4) is 11.5 Å². The fourth-order valence-electron chi connectivity index (χ4n) is 2.73. The average molecular weight is 362 g/mol. The van der Waals surface area contributed by atoms with E-state index in [0.29, 0.717) is 24.3 Å². The minimum absolute atomic E-state index is 0.0724. The maximum Gasteiger partial charge on any atom is 0.325 e. The van der Waals surface area contributed by atoms with E-state index in [1.165, 1.54) is 7.11 Å². The van der Waals surface area contributed by atoms with Crippen LogP contribution >= 0.6 is 0 Å². The summed E-state index contributed by atoms with van der Waals surface area (Å²) in [4.78, 5) is 25.4. The molecule has 0 aromatic heterocycles. The summed E-state index contributed by atoms with van der Waals surface area (Å²) >= 11 is 0. The van der Waals surface area contributed by atoms with Gasteiger partial charge in [0.2, 0.25) is 0 Å². The van der Waals surface area contributed by atoms with E-state index < -0.39 is 17.7 Å². The first-order valence-corrected chi connectivity index (χ1v) is 8.57. The summed E-state index contributed by atoms with van der Waals surface area (Å²) in [5.41, 5.74) is 0.116. The lowest BCUT2D eigenvalue weighted by Gasteiger charge is -2.21. The Morgan fingerprint density at radius 2 is 2.12 bits per heavy atom. The zero-order valence-electron chi connectivity index (χ0n) is 15.4. The second kappa shape index (κ2) is 8.23. The number of allylic oxidation sites excluding steroid dienone is 1. The number of hydrogen-bond acceptors (Lipinski definition) is 5. The first-order valence-electron chi connectivity index (χ1n) is 8.57. The van der Waals surface area contributed by atoms with Gasteiger partial charge in [-0.05, 0) is 37.5 Å². The number of nitrogens with zero attached hydrogens (tertiary/aromatic N) is 1. The van der Waals surface area contributed by atoms with Crippen LogP contribution < -0.4 is 14.8 Å². The SMILES string of the molecule is C=CCc1ccc(OC[C@H](O)CN2C(=O)N[C@@](C)(CC)C2=O)c(OC)c1. The van der Waals surface area contributed by atoms with E-state index in [2.05, 4.69) is 11.9 Å². The fraction of sp³-hybridized carbons (Fsp3) is 0.474. The molecular weight excluding hydrogens is 336 g/mol. The molecule has 0 unspecified atom stereocenters. The molecule has 7 heteroatoms. The van der Waals surface area contributed by atoms with Crippen LogP contribution in [0, 0.1) is 0 Å². The van der Waals surface area contributed by atoms with Gasteiger partial charge in [0.1, 0.15) is 18.2 Å². The van der Waals surface area contributed by atoms with Crippen molar-refractivity contribution in [2.24, 2.45) is 0 Å². The summed E-state index contributed by atoms with van der Waals surface area (Å²) < 4.78 is 10.9. The van der Waals surface area contributed by atoms with Gasteiger partial charge >= 0.3 is 6.03 Å². The van der Waals surface area contributed by atoms with Gasteiger partial charge in [-0.15, -0.1) is 6.58 Å². The standard InChI is InChI=1S/C19H26N2O5/c1-5-7-13-8-9-15(16(10-13)25-4)26-12-14(22)11-21-17(23)19(3,6-2)20-18(21)24/h5,8-10,14,22H,1,6-7,11-12H2,2-4H3,(H,20,24)/t14-,19+/m1/s1. The molecule has 2 N–H and O–H groups in total. The van der Waals surface area contributed by atoms with Crippen LogP contribution in [0.2, 0.25) is 0 Å². The van der Waals surface area contributed by atoms with E-state index >= 15 is 0 Å². The Balaban J connectivity index is 1.97. The Labute approximate surface area is 153 Å². The number of ether oxygens (including phenoxy) is 2. The summed E-state index contributed by atoms with van der Waals surface area (Å²) in [5.74, 6) is 0.690. The van der Waals surface area contributed by atoms with Crippen molar-refractivity contribution in [3.63, 3.8) is 0 Å². The quantitative estimate of drug-likeness (QED) is 0.517. The highest BCUT2D eigenvalue weighted by Gasteiger charge is 2.46. The van der Waals surface area contributed by atoms with Gasteiger partial charge in [0.05, 0.1) is 13.7 Å². The first-order chi connectivity index (χ1) is 12.3. The molecule has 3 amide bonds. The lowest BCUT2D eigenvalue weighted by molar-refractivity contribution is -0.132. The average Bonchev–Trinajstić information content (AvgIpc) is 2.84. The Bertz CT molecular complexity index is 691. The van der Waals surface area contributed by atoms with E-state index in [4.69, 9.17) is 9.47 Å². The third-order valence-corrected chi connectivity index (χ3v) is 4.48. The molecule has 7 nitrogen and oxygen atoms in total. The van der Waals surface area contributed by atoms with Gasteiger partial charge in [-0.1, -0.05) is 19.1 Å². The molecular formula is C19H26N2O5. The number of urea groups is 1. The van der Waals surface area contributed by atoms with E-state index in [-0.39, 0.29) is 19.1 Å². The molecule has 142 valence electrons. The number of imide groups is 1. The lowest BCUT2D eigenvalue weighted by Crippen LogP contribution is -2.44. The van der Waals surface area contributed by atoms with Crippen LogP contribution in [0.4, 0.5) is 4.79 Å². The van der Waals surface area contributed by atoms with E-state index in [9.17, 15) is 14.7 Å². The van der Waals surface area contributed by atoms with Crippen molar-refractivity contribution in [2.75, 3.05) is 20.3 Å². The van der Waals surface area contributed by atoms with Gasteiger partial charge in [-0.3, -0.25) is 9.69 Å². The van der Waals surface area contributed by atoms with Crippen LogP contribution in [-0.2, 0) is 11.2 Å².